The molecular weight excluding hydrogens is 264 g/mol. The van der Waals surface area contributed by atoms with Gasteiger partial charge in [-0.3, -0.25) is 0 Å². The van der Waals surface area contributed by atoms with Crippen molar-refractivity contribution in [2.24, 2.45) is 0 Å². The summed E-state index contributed by atoms with van der Waals surface area (Å²) in [6, 6.07) is 16.1. The second-order valence-corrected chi connectivity index (χ2v) is 8.69. The molecule has 0 bridgehead atoms. The molecular formula is C17H22O2Si. The monoisotopic (exact) mass is 286 g/mol. The van der Waals surface area contributed by atoms with Gasteiger partial charge in [-0.1, -0.05) is 60.4 Å². The molecule has 0 saturated carbocycles. The third-order valence-corrected chi connectivity index (χ3v) is 7.85. The Bertz CT molecular complexity index is 576. The van der Waals surface area contributed by atoms with Crippen LogP contribution in [0.1, 0.15) is 12.8 Å². The average Bonchev–Trinajstić information content (AvgIpc) is 3.01. The predicted octanol–water partition coefficient (Wildman–Crippen LogP) is 3.09. The van der Waals surface area contributed by atoms with Crippen LogP contribution in [0.4, 0.5) is 0 Å². The van der Waals surface area contributed by atoms with E-state index in [0.29, 0.717) is 13.2 Å². The molecule has 1 fully saturated rings. The minimum atomic E-state index is -0.724. The van der Waals surface area contributed by atoms with Crippen LogP contribution in [0.5, 0.6) is 5.75 Å². The first-order valence-electron chi connectivity index (χ1n) is 7.53. The summed E-state index contributed by atoms with van der Waals surface area (Å²) in [4.78, 5) is 0. The molecule has 1 aliphatic rings. The SMILES string of the molecule is COCCOc1ccc([SiH]2CCCC2)c2ccccc12. The Morgan fingerprint density at radius 1 is 0.950 bits per heavy atom. The number of fused-ring (bicyclic) bond motifs is 1. The molecule has 0 radical (unpaired) electrons. The van der Waals surface area contributed by atoms with E-state index >= 15 is 0 Å². The Hall–Kier alpha value is -1.32. The number of benzene rings is 2. The van der Waals surface area contributed by atoms with Gasteiger partial charge < -0.3 is 9.47 Å². The fourth-order valence-corrected chi connectivity index (χ4v) is 6.78. The highest BCUT2D eigenvalue weighted by Crippen LogP contribution is 2.27. The Morgan fingerprint density at radius 2 is 1.70 bits per heavy atom. The fourth-order valence-electron chi connectivity index (χ4n) is 3.25. The van der Waals surface area contributed by atoms with Gasteiger partial charge in [0.25, 0.3) is 0 Å². The number of hydrogen-bond acceptors (Lipinski definition) is 2. The van der Waals surface area contributed by atoms with Gasteiger partial charge in [-0.25, -0.2) is 0 Å². The Balaban J connectivity index is 1.96. The van der Waals surface area contributed by atoms with Crippen molar-refractivity contribution in [1.29, 1.82) is 0 Å². The average molecular weight is 286 g/mol. The van der Waals surface area contributed by atoms with Crippen molar-refractivity contribution in [2.45, 2.75) is 24.9 Å². The van der Waals surface area contributed by atoms with Gasteiger partial charge >= 0.3 is 0 Å². The first kappa shape index (κ1) is 13.7. The maximum atomic E-state index is 5.87. The van der Waals surface area contributed by atoms with Crippen LogP contribution in [0.2, 0.25) is 12.1 Å². The molecule has 0 N–H and O–H groups in total. The fraction of sp³-hybridized carbons (Fsp3) is 0.412. The third-order valence-electron chi connectivity index (χ3n) is 4.26. The van der Waals surface area contributed by atoms with E-state index in [4.69, 9.17) is 9.47 Å². The van der Waals surface area contributed by atoms with Crippen molar-refractivity contribution in [2.75, 3.05) is 20.3 Å². The molecule has 0 unspecified atom stereocenters. The summed E-state index contributed by atoms with van der Waals surface area (Å²) in [5.74, 6) is 0.994. The zero-order valence-corrected chi connectivity index (χ0v) is 13.3. The molecule has 0 aliphatic carbocycles. The molecule has 0 atom stereocenters. The molecule has 1 heterocycles. The van der Waals surface area contributed by atoms with E-state index in [1.165, 1.54) is 35.7 Å². The van der Waals surface area contributed by atoms with E-state index in [0.717, 1.165) is 5.75 Å². The second kappa shape index (κ2) is 6.42. The highest BCUT2D eigenvalue weighted by atomic mass is 28.3. The van der Waals surface area contributed by atoms with Crippen molar-refractivity contribution in [1.82, 2.24) is 0 Å². The Morgan fingerprint density at radius 3 is 2.45 bits per heavy atom. The van der Waals surface area contributed by atoms with Crippen LogP contribution in [0, 0.1) is 0 Å². The molecule has 2 nitrogen and oxygen atoms in total. The number of ether oxygens (including phenoxy) is 2. The van der Waals surface area contributed by atoms with Crippen LogP contribution in [0.15, 0.2) is 36.4 Å². The van der Waals surface area contributed by atoms with E-state index in [1.54, 1.807) is 12.3 Å². The van der Waals surface area contributed by atoms with Crippen LogP contribution in [0.25, 0.3) is 10.8 Å². The lowest BCUT2D eigenvalue weighted by atomic mass is 10.1. The van der Waals surface area contributed by atoms with E-state index in [9.17, 15) is 0 Å². The normalized spacial score (nSPS) is 15.8. The van der Waals surface area contributed by atoms with Crippen LogP contribution in [0.3, 0.4) is 0 Å². The van der Waals surface area contributed by atoms with Gasteiger partial charge in [-0.2, -0.15) is 0 Å². The molecule has 1 saturated heterocycles. The summed E-state index contributed by atoms with van der Waals surface area (Å²) >= 11 is 0. The van der Waals surface area contributed by atoms with Crippen molar-refractivity contribution in [3.63, 3.8) is 0 Å². The van der Waals surface area contributed by atoms with Gasteiger partial charge in [-0.05, 0) is 11.5 Å². The van der Waals surface area contributed by atoms with E-state index in [-0.39, 0.29) is 0 Å². The maximum absolute atomic E-state index is 5.87. The standard InChI is InChI=1S/C17H22O2Si/c1-18-10-11-19-16-8-9-17(20-12-4-5-13-20)15-7-3-2-6-14(15)16/h2-3,6-9,20H,4-5,10-13H2,1H3. The molecule has 2 aromatic rings. The Kier molecular flexibility index (Phi) is 4.38. The molecule has 0 amide bonds. The summed E-state index contributed by atoms with van der Waals surface area (Å²) in [5, 5.41) is 4.32. The van der Waals surface area contributed by atoms with Crippen LogP contribution < -0.4 is 9.92 Å². The zero-order chi connectivity index (χ0) is 13.8. The van der Waals surface area contributed by atoms with Gasteiger partial charge in [0.1, 0.15) is 12.4 Å². The molecule has 1 aliphatic heterocycles. The summed E-state index contributed by atoms with van der Waals surface area (Å²) in [7, 11) is 0.981. The van der Waals surface area contributed by atoms with Crippen LogP contribution >= 0.6 is 0 Å². The summed E-state index contributed by atoms with van der Waals surface area (Å²) in [6.07, 6.45) is 2.86. The van der Waals surface area contributed by atoms with Crippen molar-refractivity contribution in [3.8, 4) is 5.75 Å². The maximum Gasteiger partial charge on any atom is 0.127 e. The van der Waals surface area contributed by atoms with Crippen molar-refractivity contribution >= 4 is 24.8 Å². The van der Waals surface area contributed by atoms with Gasteiger partial charge in [-0.15, -0.1) is 0 Å². The smallest absolute Gasteiger partial charge is 0.127 e. The predicted molar refractivity (Wildman–Crippen MR) is 87.0 cm³/mol. The zero-order valence-electron chi connectivity index (χ0n) is 12.1. The minimum Gasteiger partial charge on any atom is -0.491 e. The first-order chi connectivity index (χ1) is 9.90. The van der Waals surface area contributed by atoms with Crippen molar-refractivity contribution in [3.05, 3.63) is 36.4 Å². The van der Waals surface area contributed by atoms with Gasteiger partial charge in [0.2, 0.25) is 0 Å². The quantitative estimate of drug-likeness (QED) is 0.621. The number of methoxy groups -OCH3 is 1. The Labute approximate surface area is 122 Å². The first-order valence-corrected chi connectivity index (χ1v) is 9.74. The highest BCUT2D eigenvalue weighted by Gasteiger charge is 2.21. The van der Waals surface area contributed by atoms with Crippen LogP contribution in [-0.4, -0.2) is 29.1 Å². The lowest BCUT2D eigenvalue weighted by Crippen LogP contribution is -2.27. The topological polar surface area (TPSA) is 18.5 Å². The van der Waals surface area contributed by atoms with Gasteiger partial charge in [0.05, 0.1) is 15.4 Å². The summed E-state index contributed by atoms with van der Waals surface area (Å²) < 4.78 is 10.9. The minimum absolute atomic E-state index is 0.612. The largest absolute Gasteiger partial charge is 0.491 e. The molecule has 3 heteroatoms. The molecule has 0 spiro atoms. The van der Waals surface area contributed by atoms with Gasteiger partial charge in [0.15, 0.2) is 0 Å². The number of hydrogen-bond donors (Lipinski definition) is 0. The lowest BCUT2D eigenvalue weighted by Gasteiger charge is -2.15. The van der Waals surface area contributed by atoms with E-state index in [2.05, 4.69) is 36.4 Å². The summed E-state index contributed by atoms with van der Waals surface area (Å²) in [5.41, 5.74) is 0. The molecule has 106 valence electrons. The number of rotatable bonds is 5. The van der Waals surface area contributed by atoms with Gasteiger partial charge in [0, 0.05) is 12.5 Å². The highest BCUT2D eigenvalue weighted by molar-refractivity contribution is 6.76. The molecule has 20 heavy (non-hydrogen) atoms. The van der Waals surface area contributed by atoms with Crippen LogP contribution in [-0.2, 0) is 4.74 Å². The second-order valence-electron chi connectivity index (χ2n) is 5.52. The third kappa shape index (κ3) is 2.74. The lowest BCUT2D eigenvalue weighted by molar-refractivity contribution is 0.147. The van der Waals surface area contributed by atoms with E-state index < -0.39 is 8.80 Å². The molecule has 3 rings (SSSR count). The molecule has 2 aromatic carbocycles. The van der Waals surface area contributed by atoms with E-state index in [1.807, 2.05) is 0 Å². The molecule has 0 aromatic heterocycles. The summed E-state index contributed by atoms with van der Waals surface area (Å²) in [6.45, 7) is 1.24. The van der Waals surface area contributed by atoms with Crippen molar-refractivity contribution < 1.29 is 9.47 Å².